The number of carbonyl (C=O) groups excluding carboxylic acids is 1. The van der Waals surface area contributed by atoms with E-state index in [-0.39, 0.29) is 12.0 Å². The first-order valence-electron chi connectivity index (χ1n) is 9.35. The van der Waals surface area contributed by atoms with E-state index in [9.17, 15) is 18.0 Å². The van der Waals surface area contributed by atoms with Crippen LogP contribution in [0.2, 0.25) is 0 Å². The molecule has 0 bridgehead atoms. The predicted octanol–water partition coefficient (Wildman–Crippen LogP) is 2.80. The average molecular weight is 400 g/mol. The van der Waals surface area contributed by atoms with Gasteiger partial charge in [0.1, 0.15) is 6.54 Å². The number of rotatable bonds is 9. The van der Waals surface area contributed by atoms with Crippen LogP contribution in [0.1, 0.15) is 32.6 Å². The molecule has 9 heteroatoms. The van der Waals surface area contributed by atoms with Crippen molar-refractivity contribution in [1.29, 1.82) is 0 Å². The van der Waals surface area contributed by atoms with E-state index < -0.39 is 29.0 Å². The Hall–Kier alpha value is -2.29. The molecule has 1 aromatic rings. The molecule has 2 rings (SSSR count). The van der Waals surface area contributed by atoms with Gasteiger partial charge in [0, 0.05) is 26.8 Å². The van der Waals surface area contributed by atoms with E-state index in [0.29, 0.717) is 25.7 Å². The van der Waals surface area contributed by atoms with Crippen molar-refractivity contribution in [1.82, 2.24) is 10.6 Å². The quantitative estimate of drug-likeness (QED) is 0.339. The highest BCUT2D eigenvalue weighted by Crippen LogP contribution is 2.43. The zero-order chi connectivity index (χ0) is 20.6. The molecule has 0 heterocycles. The van der Waals surface area contributed by atoms with Gasteiger partial charge in [-0.25, -0.2) is 18.2 Å². The second-order valence-electron chi connectivity index (χ2n) is 6.92. The summed E-state index contributed by atoms with van der Waals surface area (Å²) in [4.78, 5) is 16.2. The molecule has 1 aliphatic rings. The highest BCUT2D eigenvalue weighted by molar-refractivity contribution is 5.94. The number of anilines is 1. The van der Waals surface area contributed by atoms with Crippen molar-refractivity contribution in [2.45, 2.75) is 32.6 Å². The van der Waals surface area contributed by atoms with E-state index in [1.54, 1.807) is 7.11 Å². The fourth-order valence-electron chi connectivity index (χ4n) is 3.09. The number of nitrogens with zero attached hydrogens (tertiary/aromatic N) is 1. The van der Waals surface area contributed by atoms with Crippen LogP contribution in [0.15, 0.2) is 17.1 Å². The summed E-state index contributed by atoms with van der Waals surface area (Å²) in [6, 6.07) is 1.72. The molecule has 0 radical (unpaired) electrons. The summed E-state index contributed by atoms with van der Waals surface area (Å²) in [5, 5.41) is 8.49. The first-order chi connectivity index (χ1) is 13.4. The van der Waals surface area contributed by atoms with Gasteiger partial charge in [0.25, 0.3) is 0 Å². The van der Waals surface area contributed by atoms with Crippen LogP contribution >= 0.6 is 0 Å². The van der Waals surface area contributed by atoms with E-state index in [4.69, 9.17) is 4.74 Å². The molecular weight excluding hydrogens is 373 g/mol. The Kier molecular flexibility index (Phi) is 8.10. The van der Waals surface area contributed by atoms with E-state index >= 15 is 0 Å². The number of carbonyl (C=O) groups is 1. The third-order valence-electron chi connectivity index (χ3n) is 4.92. The molecule has 28 heavy (non-hydrogen) atoms. The fourth-order valence-corrected chi connectivity index (χ4v) is 3.09. The fraction of sp³-hybridized carbons (Fsp3) is 0.579. The molecule has 0 aromatic heterocycles. The normalized spacial score (nSPS) is 15.7. The summed E-state index contributed by atoms with van der Waals surface area (Å²) >= 11 is 0. The average Bonchev–Trinajstić information content (AvgIpc) is 2.65. The van der Waals surface area contributed by atoms with Crippen LogP contribution in [-0.4, -0.2) is 45.2 Å². The Morgan fingerprint density at radius 2 is 1.96 bits per heavy atom. The van der Waals surface area contributed by atoms with Crippen molar-refractivity contribution < 1.29 is 22.7 Å². The Bertz CT molecular complexity index is 709. The van der Waals surface area contributed by atoms with Crippen molar-refractivity contribution in [2.75, 3.05) is 38.7 Å². The summed E-state index contributed by atoms with van der Waals surface area (Å²) in [6.45, 7) is 3.62. The summed E-state index contributed by atoms with van der Waals surface area (Å²) < 4.78 is 45.0. The molecule has 1 aliphatic carbocycles. The standard InChI is InChI=1S/C19H27F3N4O2/c1-3-23-18(25-12-19(7-4-8-19)9-10-28-2)24-11-15(27)26-14-6-5-13(20)16(21)17(14)22/h5-6H,3-4,7-12H2,1-2H3,(H,26,27)(H2,23,24,25). The zero-order valence-corrected chi connectivity index (χ0v) is 16.2. The lowest BCUT2D eigenvalue weighted by Gasteiger charge is -2.42. The Morgan fingerprint density at radius 1 is 1.21 bits per heavy atom. The number of ether oxygens (including phenoxy) is 1. The third kappa shape index (κ3) is 5.85. The minimum atomic E-state index is -1.63. The van der Waals surface area contributed by atoms with Gasteiger partial charge >= 0.3 is 0 Å². The van der Waals surface area contributed by atoms with Crippen LogP contribution < -0.4 is 16.0 Å². The van der Waals surface area contributed by atoms with Gasteiger partial charge in [-0.05, 0) is 43.7 Å². The van der Waals surface area contributed by atoms with E-state index in [0.717, 1.165) is 31.4 Å². The first-order valence-corrected chi connectivity index (χ1v) is 9.35. The van der Waals surface area contributed by atoms with Crippen molar-refractivity contribution >= 4 is 17.6 Å². The maximum atomic E-state index is 13.6. The lowest BCUT2D eigenvalue weighted by Crippen LogP contribution is -2.47. The number of aliphatic imine (C=N–C) groups is 1. The van der Waals surface area contributed by atoms with Crippen molar-refractivity contribution in [3.8, 4) is 0 Å². The molecule has 6 nitrogen and oxygen atoms in total. The molecule has 0 aliphatic heterocycles. The molecule has 156 valence electrons. The number of guanidine groups is 1. The maximum absolute atomic E-state index is 13.6. The lowest BCUT2D eigenvalue weighted by molar-refractivity contribution is -0.114. The smallest absolute Gasteiger partial charge is 0.246 e. The van der Waals surface area contributed by atoms with Crippen molar-refractivity contribution in [2.24, 2.45) is 10.4 Å². The van der Waals surface area contributed by atoms with Gasteiger partial charge in [-0.3, -0.25) is 4.79 Å². The number of hydrogen-bond donors (Lipinski definition) is 3. The topological polar surface area (TPSA) is 74.8 Å². The summed E-state index contributed by atoms with van der Waals surface area (Å²) in [5.41, 5.74) is -0.256. The number of hydrogen-bond acceptors (Lipinski definition) is 3. The van der Waals surface area contributed by atoms with Gasteiger partial charge in [-0.2, -0.15) is 0 Å². The van der Waals surface area contributed by atoms with Gasteiger partial charge in [0.15, 0.2) is 23.4 Å². The predicted molar refractivity (Wildman–Crippen MR) is 102 cm³/mol. The lowest BCUT2D eigenvalue weighted by atomic mass is 9.67. The highest BCUT2D eigenvalue weighted by atomic mass is 19.2. The molecule has 1 aromatic carbocycles. The third-order valence-corrected chi connectivity index (χ3v) is 4.92. The van der Waals surface area contributed by atoms with Gasteiger partial charge in [0.05, 0.1) is 5.69 Å². The zero-order valence-electron chi connectivity index (χ0n) is 16.2. The van der Waals surface area contributed by atoms with E-state index in [1.807, 2.05) is 6.92 Å². The van der Waals surface area contributed by atoms with Crippen LogP contribution in [0.5, 0.6) is 0 Å². The van der Waals surface area contributed by atoms with Crippen LogP contribution in [0, 0.1) is 22.9 Å². The number of nitrogens with one attached hydrogen (secondary N) is 3. The van der Waals surface area contributed by atoms with Crippen molar-refractivity contribution in [3.63, 3.8) is 0 Å². The minimum absolute atomic E-state index is 0.170. The second-order valence-corrected chi connectivity index (χ2v) is 6.92. The van der Waals surface area contributed by atoms with Crippen LogP contribution in [0.25, 0.3) is 0 Å². The Balaban J connectivity index is 1.92. The number of benzene rings is 1. The van der Waals surface area contributed by atoms with Crippen LogP contribution in [0.3, 0.4) is 0 Å². The monoisotopic (exact) mass is 400 g/mol. The van der Waals surface area contributed by atoms with Gasteiger partial charge in [0.2, 0.25) is 5.91 Å². The molecule has 0 saturated heterocycles. The van der Waals surface area contributed by atoms with Crippen LogP contribution in [0.4, 0.5) is 18.9 Å². The summed E-state index contributed by atoms with van der Waals surface area (Å²) in [5.74, 6) is -4.55. The van der Waals surface area contributed by atoms with Crippen LogP contribution in [-0.2, 0) is 9.53 Å². The molecular formula is C19H27F3N4O2. The molecule has 1 fully saturated rings. The summed E-state index contributed by atoms with van der Waals surface area (Å²) in [6.07, 6.45) is 4.35. The Labute approximate surface area is 162 Å². The molecule has 3 N–H and O–H groups in total. The maximum Gasteiger partial charge on any atom is 0.246 e. The van der Waals surface area contributed by atoms with Crippen molar-refractivity contribution in [3.05, 3.63) is 29.6 Å². The molecule has 0 atom stereocenters. The van der Waals surface area contributed by atoms with E-state index in [1.165, 1.54) is 6.42 Å². The SMILES string of the molecule is CCNC(=NCC(=O)Nc1ccc(F)c(F)c1F)NCC1(CCOC)CCC1. The summed E-state index contributed by atoms with van der Waals surface area (Å²) in [7, 11) is 1.68. The number of halogens is 3. The molecule has 1 amide bonds. The van der Waals surface area contributed by atoms with Gasteiger partial charge < -0.3 is 20.7 Å². The molecule has 1 saturated carbocycles. The van der Waals surface area contributed by atoms with Gasteiger partial charge in [-0.15, -0.1) is 0 Å². The van der Waals surface area contributed by atoms with Gasteiger partial charge in [-0.1, -0.05) is 6.42 Å². The molecule has 0 spiro atoms. The highest BCUT2D eigenvalue weighted by Gasteiger charge is 2.36. The minimum Gasteiger partial charge on any atom is -0.385 e. The first kappa shape index (κ1) is 22.0. The number of methoxy groups -OCH3 is 1. The Morgan fingerprint density at radius 3 is 2.57 bits per heavy atom. The number of amides is 1. The van der Waals surface area contributed by atoms with E-state index in [2.05, 4.69) is 20.9 Å². The second kappa shape index (κ2) is 10.3. The largest absolute Gasteiger partial charge is 0.385 e. The molecule has 0 unspecified atom stereocenters.